The Morgan fingerprint density at radius 1 is 1.16 bits per heavy atom. The smallest absolute Gasteiger partial charge is 0.410 e. The van der Waals surface area contributed by atoms with Crippen molar-refractivity contribution in [3.63, 3.8) is 0 Å². The summed E-state index contributed by atoms with van der Waals surface area (Å²) < 4.78 is 5.43. The van der Waals surface area contributed by atoms with Gasteiger partial charge in [0.05, 0.1) is 28.8 Å². The summed E-state index contributed by atoms with van der Waals surface area (Å²) in [7, 11) is 0. The number of carbonyl (C=O) groups excluding carboxylic acids is 2. The third kappa shape index (κ3) is 4.59. The maximum atomic E-state index is 12.7. The monoisotopic (exact) mass is 456 g/mol. The molecule has 1 aliphatic heterocycles. The van der Waals surface area contributed by atoms with E-state index in [4.69, 9.17) is 16.3 Å². The van der Waals surface area contributed by atoms with Gasteiger partial charge in [0.1, 0.15) is 5.60 Å². The zero-order valence-corrected chi connectivity index (χ0v) is 19.3. The summed E-state index contributed by atoms with van der Waals surface area (Å²) in [6.07, 6.45) is 2.65. The van der Waals surface area contributed by atoms with E-state index in [9.17, 15) is 14.7 Å². The molecule has 0 N–H and O–H groups in total. The topological polar surface area (TPSA) is 85.8 Å². The quantitative estimate of drug-likeness (QED) is 0.690. The van der Waals surface area contributed by atoms with Crippen molar-refractivity contribution in [3.8, 4) is 0 Å². The van der Waals surface area contributed by atoms with Crippen molar-refractivity contribution in [1.29, 1.82) is 0 Å². The highest BCUT2D eigenvalue weighted by Gasteiger charge is 2.39. The normalized spacial score (nSPS) is 21.3. The van der Waals surface area contributed by atoms with Crippen LogP contribution in [0.2, 0.25) is 5.02 Å². The average molecular weight is 457 g/mol. The second-order valence-electron chi connectivity index (χ2n) is 9.30. The first-order valence-corrected chi connectivity index (χ1v) is 11.2. The van der Waals surface area contributed by atoms with Crippen molar-refractivity contribution in [1.82, 2.24) is 14.8 Å². The third-order valence-corrected chi connectivity index (χ3v) is 6.12. The molecule has 1 aromatic heterocycles. The molecule has 0 saturated carbocycles. The molecule has 0 spiro atoms. The summed E-state index contributed by atoms with van der Waals surface area (Å²) in [4.78, 5) is 32.7. The van der Waals surface area contributed by atoms with Crippen molar-refractivity contribution in [3.05, 3.63) is 63.9 Å². The summed E-state index contributed by atoms with van der Waals surface area (Å²) in [6.45, 7) is 6.08. The minimum Gasteiger partial charge on any atom is -0.548 e. The van der Waals surface area contributed by atoms with Crippen LogP contribution in [0.5, 0.6) is 0 Å². The Hall–Kier alpha value is -2.64. The Bertz CT molecular complexity index is 1040. The van der Waals surface area contributed by atoms with Gasteiger partial charge in [-0.2, -0.15) is 0 Å². The molecule has 2 aliphatic rings. The molecular formula is C24H27ClN3O4-. The maximum Gasteiger partial charge on any atom is 0.410 e. The van der Waals surface area contributed by atoms with E-state index in [1.54, 1.807) is 27.0 Å². The number of nitrogens with zero attached hydrogens (tertiary/aromatic N) is 3. The molecule has 1 fully saturated rings. The zero-order valence-electron chi connectivity index (χ0n) is 18.5. The van der Waals surface area contributed by atoms with Gasteiger partial charge < -0.3 is 14.6 Å². The van der Waals surface area contributed by atoms with Gasteiger partial charge in [0.2, 0.25) is 0 Å². The van der Waals surface area contributed by atoms with E-state index in [0.29, 0.717) is 11.6 Å². The minimum atomic E-state index is -1.30. The highest BCUT2D eigenvalue weighted by atomic mass is 35.5. The molecule has 1 unspecified atom stereocenters. The van der Waals surface area contributed by atoms with E-state index in [2.05, 4.69) is 22.0 Å². The lowest BCUT2D eigenvalue weighted by Gasteiger charge is -2.45. The summed E-state index contributed by atoms with van der Waals surface area (Å²) in [6, 6.07) is 8.75. The van der Waals surface area contributed by atoms with Crippen LogP contribution >= 0.6 is 11.6 Å². The van der Waals surface area contributed by atoms with Crippen LogP contribution in [0.3, 0.4) is 0 Å². The van der Waals surface area contributed by atoms with Gasteiger partial charge in [-0.1, -0.05) is 35.9 Å². The lowest BCUT2D eigenvalue weighted by molar-refractivity contribution is -0.312. The number of amides is 1. The lowest BCUT2D eigenvalue weighted by atomic mass is 9.95. The Morgan fingerprint density at radius 2 is 1.88 bits per heavy atom. The molecule has 0 radical (unpaired) electrons. The van der Waals surface area contributed by atoms with Crippen molar-refractivity contribution >= 4 is 23.7 Å². The fourth-order valence-corrected chi connectivity index (χ4v) is 4.71. The molecule has 2 heterocycles. The van der Waals surface area contributed by atoms with Crippen LogP contribution in [0.1, 0.15) is 49.2 Å². The zero-order chi connectivity index (χ0) is 23.0. The van der Waals surface area contributed by atoms with Crippen LogP contribution in [0.15, 0.2) is 36.5 Å². The van der Waals surface area contributed by atoms with Crippen LogP contribution in [-0.2, 0) is 22.4 Å². The van der Waals surface area contributed by atoms with Gasteiger partial charge in [0, 0.05) is 25.8 Å². The van der Waals surface area contributed by atoms with Gasteiger partial charge in [-0.05, 0) is 56.4 Å². The van der Waals surface area contributed by atoms with Crippen molar-refractivity contribution in [2.24, 2.45) is 0 Å². The molecule has 1 amide bonds. The van der Waals surface area contributed by atoms with E-state index in [1.165, 1.54) is 10.5 Å². The van der Waals surface area contributed by atoms with Gasteiger partial charge in [-0.25, -0.2) is 4.79 Å². The van der Waals surface area contributed by atoms with Crippen LogP contribution in [0.25, 0.3) is 0 Å². The predicted molar refractivity (Wildman–Crippen MR) is 118 cm³/mol. The second kappa shape index (κ2) is 8.71. The van der Waals surface area contributed by atoms with E-state index >= 15 is 0 Å². The first-order chi connectivity index (χ1) is 15.1. The lowest BCUT2D eigenvalue weighted by Crippen LogP contribution is -2.62. The van der Waals surface area contributed by atoms with E-state index in [1.807, 2.05) is 18.2 Å². The number of pyridine rings is 1. The summed E-state index contributed by atoms with van der Waals surface area (Å²) >= 11 is 6.23. The van der Waals surface area contributed by atoms with Gasteiger partial charge in [-0.3, -0.25) is 14.8 Å². The minimum absolute atomic E-state index is 0.115. The Morgan fingerprint density at radius 3 is 2.59 bits per heavy atom. The van der Waals surface area contributed by atoms with Crippen LogP contribution < -0.4 is 5.11 Å². The fourth-order valence-electron chi connectivity index (χ4n) is 4.53. The Balaban J connectivity index is 1.70. The third-order valence-electron chi connectivity index (χ3n) is 5.92. The molecule has 8 heteroatoms. The van der Waals surface area contributed by atoms with E-state index in [0.717, 1.165) is 29.7 Å². The van der Waals surface area contributed by atoms with E-state index < -0.39 is 23.7 Å². The number of halogens is 1. The number of aryl methyl sites for hydroxylation is 2. The number of aromatic nitrogens is 1. The van der Waals surface area contributed by atoms with Crippen LogP contribution in [-0.4, -0.2) is 58.1 Å². The Labute approximate surface area is 192 Å². The molecule has 1 aromatic carbocycles. The number of carbonyl (C=O) groups is 2. The molecule has 1 saturated heterocycles. The molecule has 0 bridgehead atoms. The first-order valence-electron chi connectivity index (χ1n) is 10.8. The van der Waals surface area contributed by atoms with Crippen LogP contribution in [0, 0.1) is 0 Å². The highest BCUT2D eigenvalue weighted by Crippen LogP contribution is 2.37. The number of rotatable bonds is 2. The Kier molecular flexibility index (Phi) is 6.14. The number of benzene rings is 1. The van der Waals surface area contributed by atoms with Gasteiger partial charge in [-0.15, -0.1) is 0 Å². The first kappa shape index (κ1) is 22.6. The van der Waals surface area contributed by atoms with Crippen molar-refractivity contribution < 1.29 is 19.4 Å². The largest absolute Gasteiger partial charge is 0.548 e. The molecular weight excluding hydrogens is 430 g/mol. The maximum absolute atomic E-state index is 12.7. The summed E-state index contributed by atoms with van der Waals surface area (Å²) in [5.74, 6) is -1.30. The molecule has 2 atom stereocenters. The number of fused-ring (bicyclic) bond motifs is 2. The number of aliphatic carboxylic acids is 1. The molecule has 170 valence electrons. The standard InChI is InChI=1S/C24H28ClN3O4/c1-24(2,3)32-23(31)28-11-10-27(14-19(28)22(29)30)21-18-7-5-4-6-15(18)8-9-16-12-17(25)13-26-20(16)21/h4-7,12-13,19,21H,8-11,14H2,1-3H3,(H,29,30)/p-1/t19-,21?/m1/s1. The molecule has 32 heavy (non-hydrogen) atoms. The van der Waals surface area contributed by atoms with Gasteiger partial charge in [0.15, 0.2) is 0 Å². The number of carboxylic acid groups (broad SMARTS) is 1. The summed E-state index contributed by atoms with van der Waals surface area (Å²) in [5, 5.41) is 12.6. The van der Waals surface area contributed by atoms with Gasteiger partial charge >= 0.3 is 6.09 Å². The van der Waals surface area contributed by atoms with E-state index in [-0.39, 0.29) is 19.1 Å². The summed E-state index contributed by atoms with van der Waals surface area (Å²) in [5.41, 5.74) is 3.52. The predicted octanol–water partition coefficient (Wildman–Crippen LogP) is 2.59. The molecule has 4 rings (SSSR count). The van der Waals surface area contributed by atoms with Gasteiger partial charge in [0.25, 0.3) is 0 Å². The molecule has 1 aliphatic carbocycles. The van der Waals surface area contributed by atoms with Crippen molar-refractivity contribution in [2.75, 3.05) is 19.6 Å². The number of ether oxygens (including phenoxy) is 1. The highest BCUT2D eigenvalue weighted by molar-refractivity contribution is 6.30. The SMILES string of the molecule is CC(C)(C)OC(=O)N1CCN(C2c3ccccc3CCc3cc(Cl)cnc32)C[C@@H]1C(=O)[O-]. The fraction of sp³-hybridized carbons (Fsp3) is 0.458. The second-order valence-corrected chi connectivity index (χ2v) is 9.74. The van der Waals surface area contributed by atoms with Crippen molar-refractivity contribution in [2.45, 2.75) is 51.3 Å². The average Bonchev–Trinajstić information content (AvgIpc) is 2.88. The number of hydrogen-bond donors (Lipinski definition) is 0. The molecule has 2 aromatic rings. The number of carboxylic acids is 1. The molecule has 7 nitrogen and oxygen atoms in total. The van der Waals surface area contributed by atoms with Crippen LogP contribution in [0.4, 0.5) is 4.79 Å². The number of hydrogen-bond acceptors (Lipinski definition) is 6. The number of piperazine rings is 1.